The number of hydrogen-bond donors (Lipinski definition) is 1. The zero-order valence-corrected chi connectivity index (χ0v) is 15.2. The minimum Gasteiger partial charge on any atom is -0.369 e. The molecule has 3 rings (SSSR count). The van der Waals surface area contributed by atoms with E-state index in [1.807, 2.05) is 6.92 Å². The van der Waals surface area contributed by atoms with Gasteiger partial charge in [0.2, 0.25) is 5.91 Å². The molecule has 0 saturated carbocycles. The van der Waals surface area contributed by atoms with Crippen molar-refractivity contribution in [2.24, 2.45) is 5.73 Å². The summed E-state index contributed by atoms with van der Waals surface area (Å²) in [5.41, 5.74) is 6.48. The van der Waals surface area contributed by atoms with Crippen LogP contribution in [0.4, 0.5) is 4.39 Å². The Morgan fingerprint density at radius 2 is 2.04 bits per heavy atom. The number of nitrogens with two attached hydrogens (primary N) is 1. The van der Waals surface area contributed by atoms with Gasteiger partial charge in [-0.2, -0.15) is 0 Å². The molecule has 0 bridgehead atoms. The highest BCUT2D eigenvalue weighted by Gasteiger charge is 2.21. The fourth-order valence-electron chi connectivity index (χ4n) is 2.61. The highest BCUT2D eigenvalue weighted by molar-refractivity contribution is 8.00. The molecule has 3 aromatic rings. The number of aryl methyl sites for hydroxylation is 1. The van der Waals surface area contributed by atoms with Crippen molar-refractivity contribution in [2.45, 2.75) is 30.7 Å². The Kier molecular flexibility index (Phi) is 5.08. The molecule has 0 radical (unpaired) electrons. The Bertz CT molecular complexity index is 1050. The molecular formula is C19H18FN3O2S. The van der Waals surface area contributed by atoms with Gasteiger partial charge in [0.1, 0.15) is 5.82 Å². The van der Waals surface area contributed by atoms with Gasteiger partial charge >= 0.3 is 0 Å². The lowest BCUT2D eigenvalue weighted by molar-refractivity contribution is -0.117. The molecule has 1 unspecified atom stereocenters. The Labute approximate surface area is 154 Å². The van der Waals surface area contributed by atoms with E-state index in [-0.39, 0.29) is 5.56 Å². The summed E-state index contributed by atoms with van der Waals surface area (Å²) in [5, 5.41) is 0.192. The minimum absolute atomic E-state index is 0.308. The number of para-hydroxylation sites is 1. The van der Waals surface area contributed by atoms with Crippen LogP contribution in [-0.4, -0.2) is 20.7 Å². The molecule has 1 heterocycles. The molecular weight excluding hydrogens is 353 g/mol. The molecule has 0 aliphatic heterocycles. The lowest BCUT2D eigenvalue weighted by Crippen LogP contribution is -2.28. The first kappa shape index (κ1) is 18.1. The van der Waals surface area contributed by atoms with Crippen molar-refractivity contribution in [3.63, 3.8) is 0 Å². The summed E-state index contributed by atoms with van der Waals surface area (Å²) in [7, 11) is 0. The monoisotopic (exact) mass is 371 g/mol. The summed E-state index contributed by atoms with van der Waals surface area (Å²) < 4.78 is 15.4. The second-order valence-electron chi connectivity index (χ2n) is 5.90. The fourth-order valence-corrected chi connectivity index (χ4v) is 3.59. The van der Waals surface area contributed by atoms with Gasteiger partial charge < -0.3 is 5.73 Å². The van der Waals surface area contributed by atoms with Crippen molar-refractivity contribution in [2.75, 3.05) is 0 Å². The van der Waals surface area contributed by atoms with Crippen molar-refractivity contribution < 1.29 is 9.18 Å². The Hall–Kier alpha value is -2.67. The third-order valence-electron chi connectivity index (χ3n) is 4.09. The number of aromatic nitrogens is 2. The van der Waals surface area contributed by atoms with E-state index in [1.165, 1.54) is 10.6 Å². The minimum atomic E-state index is -0.537. The molecule has 134 valence electrons. The van der Waals surface area contributed by atoms with Crippen LogP contribution < -0.4 is 11.3 Å². The average molecular weight is 371 g/mol. The van der Waals surface area contributed by atoms with Crippen molar-refractivity contribution in [3.8, 4) is 5.69 Å². The predicted molar refractivity (Wildman–Crippen MR) is 101 cm³/mol. The van der Waals surface area contributed by atoms with E-state index < -0.39 is 17.0 Å². The van der Waals surface area contributed by atoms with Gasteiger partial charge in [-0.1, -0.05) is 36.9 Å². The molecule has 0 aliphatic rings. The van der Waals surface area contributed by atoms with Gasteiger partial charge in [-0.25, -0.2) is 9.37 Å². The van der Waals surface area contributed by atoms with Crippen LogP contribution in [-0.2, 0) is 4.79 Å². The van der Waals surface area contributed by atoms with Crippen LogP contribution in [0.1, 0.15) is 18.9 Å². The van der Waals surface area contributed by atoms with Crippen LogP contribution in [0, 0.1) is 12.7 Å². The summed E-state index contributed by atoms with van der Waals surface area (Å²) in [6, 6.07) is 11.5. The number of hydrogen-bond acceptors (Lipinski definition) is 4. The number of rotatable bonds is 5. The number of thioether (sulfide) groups is 1. The van der Waals surface area contributed by atoms with Gasteiger partial charge in [-0.3, -0.25) is 14.2 Å². The van der Waals surface area contributed by atoms with Crippen LogP contribution in [0.15, 0.2) is 52.4 Å². The van der Waals surface area contributed by atoms with Crippen LogP contribution >= 0.6 is 11.8 Å². The van der Waals surface area contributed by atoms with Gasteiger partial charge in [0.25, 0.3) is 5.56 Å². The SMILES string of the molecule is CCC(Sc1nc2ccccc2c(=O)n1-c1ccc(C)c(F)c1)C(N)=O. The smallest absolute Gasteiger partial charge is 0.266 e. The van der Waals surface area contributed by atoms with Gasteiger partial charge in [-0.15, -0.1) is 0 Å². The van der Waals surface area contributed by atoms with E-state index in [9.17, 15) is 14.0 Å². The topological polar surface area (TPSA) is 78.0 Å². The van der Waals surface area contributed by atoms with Crippen molar-refractivity contribution in [3.05, 3.63) is 64.2 Å². The first-order valence-electron chi connectivity index (χ1n) is 8.16. The average Bonchev–Trinajstić information content (AvgIpc) is 2.62. The number of nitrogens with zero attached hydrogens (tertiary/aromatic N) is 2. The molecule has 7 heteroatoms. The third kappa shape index (κ3) is 3.35. The standard InChI is InChI=1S/C19H18FN3O2S/c1-3-16(17(21)24)26-19-22-15-7-5-4-6-13(15)18(25)23(19)12-9-8-11(2)14(20)10-12/h4-10,16H,3H2,1-2H3,(H2,21,24). The maximum atomic E-state index is 14.1. The third-order valence-corrected chi connectivity index (χ3v) is 5.43. The van der Waals surface area contributed by atoms with E-state index in [4.69, 9.17) is 5.73 Å². The van der Waals surface area contributed by atoms with E-state index >= 15 is 0 Å². The molecule has 2 aromatic carbocycles. The zero-order valence-electron chi connectivity index (χ0n) is 14.4. The van der Waals surface area contributed by atoms with Gasteiger partial charge in [0, 0.05) is 0 Å². The zero-order chi connectivity index (χ0) is 18.8. The molecule has 26 heavy (non-hydrogen) atoms. The van der Waals surface area contributed by atoms with Crippen molar-refractivity contribution in [1.29, 1.82) is 0 Å². The quantitative estimate of drug-likeness (QED) is 0.552. The maximum Gasteiger partial charge on any atom is 0.266 e. The van der Waals surface area contributed by atoms with Crippen LogP contribution in [0.25, 0.3) is 16.6 Å². The predicted octanol–water partition coefficient (Wildman–Crippen LogP) is 3.19. The van der Waals surface area contributed by atoms with Crippen LogP contribution in [0.2, 0.25) is 0 Å². The number of primary amides is 1. The number of carbonyl (C=O) groups excluding carboxylic acids is 1. The van der Waals surface area contributed by atoms with E-state index in [0.717, 1.165) is 11.8 Å². The summed E-state index contributed by atoms with van der Waals surface area (Å²) in [6.45, 7) is 3.48. The van der Waals surface area contributed by atoms with Crippen molar-refractivity contribution in [1.82, 2.24) is 9.55 Å². The highest BCUT2D eigenvalue weighted by Crippen LogP contribution is 2.27. The van der Waals surface area contributed by atoms with E-state index in [2.05, 4.69) is 4.98 Å². The maximum absolute atomic E-state index is 14.1. The van der Waals surface area contributed by atoms with Gasteiger partial charge in [0.05, 0.1) is 21.8 Å². The first-order valence-corrected chi connectivity index (χ1v) is 9.04. The molecule has 0 fully saturated rings. The Morgan fingerprint density at radius 1 is 1.31 bits per heavy atom. The Morgan fingerprint density at radius 3 is 2.69 bits per heavy atom. The number of benzene rings is 2. The molecule has 0 saturated heterocycles. The lowest BCUT2D eigenvalue weighted by Gasteiger charge is -2.16. The van der Waals surface area contributed by atoms with Gasteiger partial charge in [0.15, 0.2) is 5.16 Å². The fraction of sp³-hybridized carbons (Fsp3) is 0.211. The van der Waals surface area contributed by atoms with E-state index in [0.29, 0.717) is 33.7 Å². The summed E-state index contributed by atoms with van der Waals surface area (Å²) >= 11 is 1.11. The van der Waals surface area contributed by atoms with E-state index in [1.54, 1.807) is 43.3 Å². The first-order chi connectivity index (χ1) is 12.4. The molecule has 2 N–H and O–H groups in total. The lowest BCUT2D eigenvalue weighted by atomic mass is 10.2. The molecule has 1 amide bonds. The number of fused-ring (bicyclic) bond motifs is 1. The molecule has 1 aromatic heterocycles. The number of carbonyl (C=O) groups is 1. The summed E-state index contributed by atoms with van der Waals surface area (Å²) in [6.07, 6.45) is 0.491. The number of halogens is 1. The Balaban J connectivity index is 2.28. The summed E-state index contributed by atoms with van der Waals surface area (Å²) in [4.78, 5) is 29.2. The van der Waals surface area contributed by atoms with Gasteiger partial charge in [-0.05, 0) is 43.2 Å². The van der Waals surface area contributed by atoms with Crippen LogP contribution in [0.5, 0.6) is 0 Å². The highest BCUT2D eigenvalue weighted by atomic mass is 32.2. The second kappa shape index (κ2) is 7.29. The largest absolute Gasteiger partial charge is 0.369 e. The normalized spacial score (nSPS) is 12.3. The summed E-state index contributed by atoms with van der Waals surface area (Å²) in [5.74, 6) is -0.901. The molecule has 0 spiro atoms. The molecule has 1 atom stereocenters. The molecule has 0 aliphatic carbocycles. The second-order valence-corrected chi connectivity index (χ2v) is 7.07. The number of amides is 1. The molecule has 5 nitrogen and oxygen atoms in total. The van der Waals surface area contributed by atoms with Crippen LogP contribution in [0.3, 0.4) is 0 Å². The van der Waals surface area contributed by atoms with Crippen molar-refractivity contribution >= 4 is 28.6 Å².